The van der Waals surface area contributed by atoms with Gasteiger partial charge in [0.25, 0.3) is 0 Å². The van der Waals surface area contributed by atoms with Crippen molar-refractivity contribution in [2.75, 3.05) is 6.61 Å². The van der Waals surface area contributed by atoms with Gasteiger partial charge in [0.1, 0.15) is 0 Å². The van der Waals surface area contributed by atoms with E-state index in [1.807, 2.05) is 6.92 Å². The Labute approximate surface area is 178 Å². The summed E-state index contributed by atoms with van der Waals surface area (Å²) in [5, 5.41) is 0. The van der Waals surface area contributed by atoms with Crippen molar-refractivity contribution in [2.24, 2.45) is 0 Å². The maximum atomic E-state index is 12.3. The van der Waals surface area contributed by atoms with E-state index in [1.54, 1.807) is 24.3 Å². The van der Waals surface area contributed by atoms with Crippen LogP contribution in [-0.4, -0.2) is 33.4 Å². The quantitative estimate of drug-likeness (QED) is 0.143. The molecule has 1 rings (SSSR count). The Morgan fingerprint density at radius 1 is 0.893 bits per heavy atom. The first-order chi connectivity index (χ1) is 13.4. The van der Waals surface area contributed by atoms with Crippen molar-refractivity contribution in [3.8, 4) is 0 Å². The number of hydrogen-bond donors (Lipinski definition) is 0. The van der Waals surface area contributed by atoms with Gasteiger partial charge < -0.3 is 0 Å². The SMILES string of the molecule is CCC[CH2][Sn](/[CH]=C/CCOS(=O)(=O)c1ccc(C)cc1)([CH2]CCC)[CH2]CCC. The van der Waals surface area contributed by atoms with Gasteiger partial charge in [-0.15, -0.1) is 0 Å². The van der Waals surface area contributed by atoms with E-state index in [9.17, 15) is 8.42 Å². The van der Waals surface area contributed by atoms with E-state index in [-0.39, 0.29) is 11.5 Å². The van der Waals surface area contributed by atoms with Crippen LogP contribution in [0, 0.1) is 6.92 Å². The summed E-state index contributed by atoms with van der Waals surface area (Å²) in [6.07, 6.45) is 10.7. The fourth-order valence-electron chi connectivity index (χ4n) is 3.54. The summed E-state index contributed by atoms with van der Waals surface area (Å²) in [5.74, 6) is 0. The van der Waals surface area contributed by atoms with E-state index in [0.717, 1.165) is 5.56 Å². The molecule has 0 saturated carbocycles. The van der Waals surface area contributed by atoms with Gasteiger partial charge in [0.15, 0.2) is 0 Å². The number of hydrogen-bond acceptors (Lipinski definition) is 3. The molecule has 0 amide bonds. The molecule has 160 valence electrons. The average Bonchev–Trinajstić information content (AvgIpc) is 2.68. The first kappa shape index (κ1) is 25.7. The molecule has 0 N–H and O–H groups in total. The summed E-state index contributed by atoms with van der Waals surface area (Å²) in [4.78, 5) is 0.240. The number of aryl methyl sites for hydroxylation is 1. The Morgan fingerprint density at radius 3 is 1.86 bits per heavy atom. The molecule has 1 aromatic rings. The van der Waals surface area contributed by atoms with Crippen molar-refractivity contribution in [1.82, 2.24) is 0 Å². The van der Waals surface area contributed by atoms with Crippen molar-refractivity contribution in [2.45, 2.75) is 90.8 Å². The van der Waals surface area contributed by atoms with Crippen molar-refractivity contribution in [3.05, 3.63) is 40.0 Å². The van der Waals surface area contributed by atoms with Crippen LogP contribution in [0.3, 0.4) is 0 Å². The fourth-order valence-corrected chi connectivity index (χ4v) is 19.0. The second-order valence-electron chi connectivity index (χ2n) is 7.95. The summed E-state index contributed by atoms with van der Waals surface area (Å²) in [6.45, 7) is 9.01. The van der Waals surface area contributed by atoms with Crippen molar-refractivity contribution in [3.63, 3.8) is 0 Å². The predicted molar refractivity (Wildman–Crippen MR) is 123 cm³/mol. The second kappa shape index (κ2) is 13.8. The number of rotatable bonds is 15. The monoisotopic (exact) mass is 516 g/mol. The zero-order chi connectivity index (χ0) is 20.9. The minimum atomic E-state index is -3.65. The summed E-state index contributed by atoms with van der Waals surface area (Å²) < 4.78 is 36.7. The van der Waals surface area contributed by atoms with Gasteiger partial charge in [0, 0.05) is 0 Å². The molecule has 0 aliphatic carbocycles. The van der Waals surface area contributed by atoms with Crippen LogP contribution in [-0.2, 0) is 14.3 Å². The van der Waals surface area contributed by atoms with Gasteiger partial charge in [0.2, 0.25) is 0 Å². The molecular formula is C23H40O3SSn. The molecule has 0 aliphatic heterocycles. The first-order valence-electron chi connectivity index (χ1n) is 11.0. The van der Waals surface area contributed by atoms with Crippen LogP contribution >= 0.6 is 0 Å². The Kier molecular flexibility index (Phi) is 12.7. The molecule has 0 unspecified atom stereocenters. The van der Waals surface area contributed by atoms with Gasteiger partial charge in [-0.3, -0.25) is 0 Å². The Balaban J connectivity index is 2.68. The normalized spacial score (nSPS) is 12.7. The standard InChI is InChI=1S/C11H13O3S.3C4H9.Sn/c1-3-4-9-14-15(12,13)11-7-5-10(2)6-8-11;3*1-3-4-2;/h1,3,5-8H,4,9H2,2H3;3*1,3-4H2,2H3;. The molecule has 1 aromatic carbocycles. The summed E-state index contributed by atoms with van der Waals surface area (Å²) in [7, 11) is -3.65. The van der Waals surface area contributed by atoms with E-state index >= 15 is 0 Å². The molecule has 0 saturated heterocycles. The molecule has 0 spiro atoms. The van der Waals surface area contributed by atoms with Crippen LogP contribution < -0.4 is 0 Å². The van der Waals surface area contributed by atoms with Gasteiger partial charge in [0.05, 0.1) is 0 Å². The molecular weight excluding hydrogens is 475 g/mol. The molecule has 0 fully saturated rings. The number of unbranched alkanes of at least 4 members (excludes halogenated alkanes) is 3. The van der Waals surface area contributed by atoms with E-state index in [0.29, 0.717) is 6.42 Å². The van der Waals surface area contributed by atoms with Crippen molar-refractivity contribution >= 4 is 28.5 Å². The van der Waals surface area contributed by atoms with Crippen molar-refractivity contribution in [1.29, 1.82) is 0 Å². The van der Waals surface area contributed by atoms with Crippen LogP contribution in [0.4, 0.5) is 0 Å². The Morgan fingerprint density at radius 2 is 1.39 bits per heavy atom. The minimum absolute atomic E-state index is 0.226. The summed E-state index contributed by atoms with van der Waals surface area (Å²) >= 11 is -2.27. The van der Waals surface area contributed by atoms with Gasteiger partial charge >= 0.3 is 179 Å². The summed E-state index contributed by atoms with van der Waals surface area (Å²) in [6, 6.07) is 6.83. The van der Waals surface area contributed by atoms with Gasteiger partial charge in [-0.05, 0) is 0 Å². The molecule has 28 heavy (non-hydrogen) atoms. The Hall–Kier alpha value is -0.331. The summed E-state index contributed by atoms with van der Waals surface area (Å²) in [5.41, 5.74) is 1.04. The molecule has 3 nitrogen and oxygen atoms in total. The predicted octanol–water partition coefficient (Wildman–Crippen LogP) is 7.03. The van der Waals surface area contributed by atoms with Gasteiger partial charge in [-0.25, -0.2) is 0 Å². The molecule has 0 heterocycles. The van der Waals surface area contributed by atoms with Crippen LogP contribution in [0.15, 0.2) is 39.3 Å². The topological polar surface area (TPSA) is 43.4 Å². The molecule has 0 aromatic heterocycles. The van der Waals surface area contributed by atoms with Crippen molar-refractivity contribution < 1.29 is 12.6 Å². The zero-order valence-electron chi connectivity index (χ0n) is 18.4. The van der Waals surface area contributed by atoms with Crippen LogP contribution in [0.2, 0.25) is 13.3 Å². The van der Waals surface area contributed by atoms with E-state index in [4.69, 9.17) is 4.18 Å². The van der Waals surface area contributed by atoms with Crippen LogP contribution in [0.1, 0.15) is 71.3 Å². The molecule has 0 bridgehead atoms. The maximum absolute atomic E-state index is 12.3. The fraction of sp³-hybridized carbons (Fsp3) is 0.652. The van der Waals surface area contributed by atoms with Gasteiger partial charge in [-0.1, -0.05) is 0 Å². The molecule has 0 aliphatic rings. The molecule has 0 radical (unpaired) electrons. The molecule has 0 atom stereocenters. The average molecular weight is 515 g/mol. The third-order valence-corrected chi connectivity index (χ3v) is 21.0. The first-order valence-corrected chi connectivity index (χ1v) is 20.1. The van der Waals surface area contributed by atoms with Crippen LogP contribution in [0.25, 0.3) is 0 Å². The zero-order valence-corrected chi connectivity index (χ0v) is 22.0. The second-order valence-corrected chi connectivity index (χ2v) is 22.6. The molecule has 5 heteroatoms. The Bertz CT molecular complexity index is 644. The van der Waals surface area contributed by atoms with E-state index < -0.39 is 28.5 Å². The van der Waals surface area contributed by atoms with Crippen LogP contribution in [0.5, 0.6) is 0 Å². The van der Waals surface area contributed by atoms with E-state index in [2.05, 4.69) is 30.9 Å². The third-order valence-electron chi connectivity index (χ3n) is 5.39. The van der Waals surface area contributed by atoms with Gasteiger partial charge in [-0.2, -0.15) is 0 Å². The number of benzene rings is 1. The third kappa shape index (κ3) is 9.44. The van der Waals surface area contributed by atoms with E-state index in [1.165, 1.54) is 51.8 Å².